The number of hydrogen-bond donors (Lipinski definition) is 1. The summed E-state index contributed by atoms with van der Waals surface area (Å²) in [4.78, 5) is 6.10. The van der Waals surface area contributed by atoms with Gasteiger partial charge in [-0.3, -0.25) is 4.90 Å². The molecule has 0 aliphatic heterocycles. The minimum absolute atomic E-state index is 0.908. The van der Waals surface area contributed by atoms with E-state index in [-0.39, 0.29) is 0 Å². The normalized spacial score (nSPS) is 11.3. The molecular weight excluding hydrogens is 368 g/mol. The van der Waals surface area contributed by atoms with E-state index >= 15 is 0 Å². The third kappa shape index (κ3) is 5.52. The molecule has 0 radical (unpaired) electrons. The van der Waals surface area contributed by atoms with Crippen LogP contribution >= 0.6 is 0 Å². The van der Waals surface area contributed by atoms with Gasteiger partial charge in [-0.2, -0.15) is 0 Å². The summed E-state index contributed by atoms with van der Waals surface area (Å²) < 4.78 is 5.33. The maximum atomic E-state index is 5.33. The lowest BCUT2D eigenvalue weighted by atomic mass is 10.1. The van der Waals surface area contributed by atoms with Gasteiger partial charge in [0.2, 0.25) is 0 Å². The van der Waals surface area contributed by atoms with Crippen molar-refractivity contribution in [3.8, 4) is 5.75 Å². The van der Waals surface area contributed by atoms with Crippen LogP contribution in [0.5, 0.6) is 5.75 Å². The molecule has 154 valence electrons. The molecule has 3 aromatic carbocycles. The lowest BCUT2D eigenvalue weighted by Crippen LogP contribution is -2.24. The van der Waals surface area contributed by atoms with Crippen LogP contribution in [0.2, 0.25) is 0 Å². The van der Waals surface area contributed by atoms with E-state index < -0.39 is 0 Å². The monoisotopic (exact) mass is 398 g/mol. The largest absolute Gasteiger partial charge is 0.497 e. The fourth-order valence-electron chi connectivity index (χ4n) is 3.98. The Kier molecular flexibility index (Phi) is 6.83. The van der Waals surface area contributed by atoms with Crippen LogP contribution in [0.3, 0.4) is 0 Å². The minimum atomic E-state index is 0.908. The SMILES string of the molecule is COc1ccc2[nH]c(CCCCN(Cc3ccccc3)Cc3ccccc3)cc2c1. The first-order valence-corrected chi connectivity index (χ1v) is 10.8. The summed E-state index contributed by atoms with van der Waals surface area (Å²) in [7, 11) is 1.71. The molecule has 1 heterocycles. The number of nitrogens with one attached hydrogen (secondary N) is 1. The summed E-state index contributed by atoms with van der Waals surface area (Å²) in [5.41, 5.74) is 5.23. The lowest BCUT2D eigenvalue weighted by molar-refractivity contribution is 0.251. The topological polar surface area (TPSA) is 28.3 Å². The Bertz CT molecular complexity index is 999. The van der Waals surface area contributed by atoms with Gasteiger partial charge >= 0.3 is 0 Å². The van der Waals surface area contributed by atoms with Gasteiger partial charge in [-0.1, -0.05) is 60.7 Å². The Balaban J connectivity index is 1.33. The third-order valence-electron chi connectivity index (χ3n) is 5.55. The maximum Gasteiger partial charge on any atom is 0.119 e. The highest BCUT2D eigenvalue weighted by molar-refractivity contribution is 5.81. The molecule has 4 rings (SSSR count). The van der Waals surface area contributed by atoms with Crippen LogP contribution in [0.4, 0.5) is 0 Å². The maximum absolute atomic E-state index is 5.33. The number of aromatic amines is 1. The van der Waals surface area contributed by atoms with Crippen LogP contribution in [0.15, 0.2) is 84.9 Å². The molecule has 0 spiro atoms. The highest BCUT2D eigenvalue weighted by atomic mass is 16.5. The van der Waals surface area contributed by atoms with Crippen LogP contribution in [0.25, 0.3) is 10.9 Å². The van der Waals surface area contributed by atoms with Crippen molar-refractivity contribution >= 4 is 10.9 Å². The molecule has 0 saturated carbocycles. The van der Waals surface area contributed by atoms with Crippen LogP contribution < -0.4 is 4.74 Å². The van der Waals surface area contributed by atoms with Gasteiger partial charge in [-0.05, 0) is 61.2 Å². The van der Waals surface area contributed by atoms with Gasteiger partial charge in [-0.15, -0.1) is 0 Å². The number of aryl methyl sites for hydroxylation is 1. The first-order valence-electron chi connectivity index (χ1n) is 10.8. The van der Waals surface area contributed by atoms with Crippen LogP contribution in [0, 0.1) is 0 Å². The van der Waals surface area contributed by atoms with Gasteiger partial charge < -0.3 is 9.72 Å². The number of aromatic nitrogens is 1. The molecule has 0 aliphatic rings. The number of H-pyrrole nitrogens is 1. The Hall–Kier alpha value is -3.04. The highest BCUT2D eigenvalue weighted by Gasteiger charge is 2.08. The number of ether oxygens (including phenoxy) is 1. The Labute approximate surface area is 179 Å². The molecular formula is C27H30N2O. The molecule has 1 aromatic heterocycles. The second-order valence-corrected chi connectivity index (χ2v) is 7.89. The van der Waals surface area contributed by atoms with Crippen LogP contribution in [-0.2, 0) is 19.5 Å². The molecule has 0 amide bonds. The molecule has 3 heteroatoms. The van der Waals surface area contributed by atoms with E-state index in [1.807, 2.05) is 6.07 Å². The number of unbranched alkanes of at least 4 members (excludes halogenated alkanes) is 1. The van der Waals surface area contributed by atoms with Gasteiger partial charge in [0.25, 0.3) is 0 Å². The summed E-state index contributed by atoms with van der Waals surface area (Å²) in [5, 5.41) is 1.22. The zero-order valence-corrected chi connectivity index (χ0v) is 17.7. The molecule has 3 nitrogen and oxygen atoms in total. The number of hydrogen-bond acceptors (Lipinski definition) is 2. The second-order valence-electron chi connectivity index (χ2n) is 7.89. The number of benzene rings is 3. The summed E-state index contributed by atoms with van der Waals surface area (Å²) in [6.07, 6.45) is 3.42. The Morgan fingerprint density at radius 3 is 2.07 bits per heavy atom. The molecule has 30 heavy (non-hydrogen) atoms. The van der Waals surface area contributed by atoms with Gasteiger partial charge in [0, 0.05) is 29.7 Å². The number of rotatable bonds is 10. The van der Waals surface area contributed by atoms with E-state index in [9.17, 15) is 0 Å². The molecule has 0 saturated heterocycles. The standard InChI is InChI=1S/C27H30N2O/c1-30-26-15-16-27-24(19-26)18-25(28-27)14-8-9-17-29(20-22-10-4-2-5-11-22)21-23-12-6-3-7-13-23/h2-7,10-13,15-16,18-19,28H,8-9,14,17,20-21H2,1H3. The molecule has 0 atom stereocenters. The minimum Gasteiger partial charge on any atom is -0.497 e. The Morgan fingerprint density at radius 2 is 1.43 bits per heavy atom. The van der Waals surface area contributed by atoms with E-state index in [0.29, 0.717) is 0 Å². The van der Waals surface area contributed by atoms with Crippen LogP contribution in [-0.4, -0.2) is 23.5 Å². The van der Waals surface area contributed by atoms with Crippen molar-refractivity contribution in [2.24, 2.45) is 0 Å². The van der Waals surface area contributed by atoms with E-state index in [0.717, 1.165) is 31.8 Å². The molecule has 0 unspecified atom stereocenters. The number of nitrogens with zero attached hydrogens (tertiary/aromatic N) is 1. The van der Waals surface area contributed by atoms with E-state index in [1.165, 1.54) is 40.6 Å². The van der Waals surface area contributed by atoms with Gasteiger partial charge in [0.05, 0.1) is 7.11 Å². The van der Waals surface area contributed by atoms with E-state index in [4.69, 9.17) is 4.74 Å². The summed E-state index contributed by atoms with van der Waals surface area (Å²) in [6, 6.07) is 30.0. The van der Waals surface area contributed by atoms with E-state index in [1.54, 1.807) is 7.11 Å². The fourth-order valence-corrected chi connectivity index (χ4v) is 3.98. The van der Waals surface area contributed by atoms with Crippen LogP contribution in [0.1, 0.15) is 29.7 Å². The van der Waals surface area contributed by atoms with Gasteiger partial charge in [0.1, 0.15) is 5.75 Å². The predicted octanol–water partition coefficient (Wildman–Crippen LogP) is 6.20. The van der Waals surface area contributed by atoms with Crippen molar-refractivity contribution < 1.29 is 4.74 Å². The summed E-state index contributed by atoms with van der Waals surface area (Å²) in [6.45, 7) is 3.07. The zero-order chi connectivity index (χ0) is 20.6. The van der Waals surface area contributed by atoms with Crippen molar-refractivity contribution in [2.45, 2.75) is 32.4 Å². The van der Waals surface area contributed by atoms with Gasteiger partial charge in [-0.25, -0.2) is 0 Å². The first-order chi connectivity index (χ1) is 14.8. The van der Waals surface area contributed by atoms with Crippen molar-refractivity contribution in [2.75, 3.05) is 13.7 Å². The Morgan fingerprint density at radius 1 is 0.767 bits per heavy atom. The average Bonchev–Trinajstić information content (AvgIpc) is 3.20. The molecule has 4 aromatic rings. The molecule has 0 aliphatic carbocycles. The van der Waals surface area contributed by atoms with Crippen molar-refractivity contribution in [3.05, 3.63) is 102 Å². The van der Waals surface area contributed by atoms with Crippen molar-refractivity contribution in [3.63, 3.8) is 0 Å². The average molecular weight is 399 g/mol. The first kappa shape index (κ1) is 20.2. The number of methoxy groups -OCH3 is 1. The number of fused-ring (bicyclic) bond motifs is 1. The van der Waals surface area contributed by atoms with Gasteiger partial charge in [0.15, 0.2) is 0 Å². The van der Waals surface area contributed by atoms with Crippen molar-refractivity contribution in [1.29, 1.82) is 0 Å². The highest BCUT2D eigenvalue weighted by Crippen LogP contribution is 2.22. The zero-order valence-electron chi connectivity index (χ0n) is 17.7. The summed E-state index contributed by atoms with van der Waals surface area (Å²) in [5.74, 6) is 0.908. The lowest BCUT2D eigenvalue weighted by Gasteiger charge is -2.22. The summed E-state index contributed by atoms with van der Waals surface area (Å²) >= 11 is 0. The van der Waals surface area contributed by atoms with Crippen molar-refractivity contribution in [1.82, 2.24) is 9.88 Å². The molecule has 0 fully saturated rings. The second kappa shape index (κ2) is 10.1. The smallest absolute Gasteiger partial charge is 0.119 e. The predicted molar refractivity (Wildman–Crippen MR) is 125 cm³/mol. The molecule has 1 N–H and O–H groups in total. The molecule has 0 bridgehead atoms. The third-order valence-corrected chi connectivity index (χ3v) is 5.55. The fraction of sp³-hybridized carbons (Fsp3) is 0.259. The van der Waals surface area contributed by atoms with E-state index in [2.05, 4.69) is 88.7 Å². The quantitative estimate of drug-likeness (QED) is 0.322.